The maximum absolute atomic E-state index is 5.96. The van der Waals surface area contributed by atoms with Gasteiger partial charge in [0.1, 0.15) is 5.75 Å². The molecule has 0 radical (unpaired) electrons. The Kier molecular flexibility index (Phi) is 5.76. The fourth-order valence-corrected chi connectivity index (χ4v) is 3.22. The SMILES string of the molecule is Cc1cccc(OCCCN2CCN(c3ccccc3)CC2)c1C. The monoisotopic (exact) mass is 324 g/mol. The lowest BCUT2D eigenvalue weighted by Crippen LogP contribution is -2.46. The Bertz CT molecular complexity index is 634. The van der Waals surface area contributed by atoms with E-state index in [2.05, 4.69) is 72.2 Å². The van der Waals surface area contributed by atoms with E-state index in [4.69, 9.17) is 4.74 Å². The summed E-state index contributed by atoms with van der Waals surface area (Å²) in [5.41, 5.74) is 3.90. The second-order valence-electron chi connectivity index (χ2n) is 6.56. The Morgan fingerprint density at radius 1 is 0.875 bits per heavy atom. The van der Waals surface area contributed by atoms with Crippen LogP contribution < -0.4 is 9.64 Å². The summed E-state index contributed by atoms with van der Waals surface area (Å²) in [5, 5.41) is 0. The highest BCUT2D eigenvalue weighted by Crippen LogP contribution is 2.20. The van der Waals surface area contributed by atoms with Crippen LogP contribution in [0.1, 0.15) is 17.5 Å². The summed E-state index contributed by atoms with van der Waals surface area (Å²) < 4.78 is 5.96. The van der Waals surface area contributed by atoms with Crippen molar-refractivity contribution in [2.75, 3.05) is 44.2 Å². The summed E-state index contributed by atoms with van der Waals surface area (Å²) in [6.45, 7) is 10.7. The van der Waals surface area contributed by atoms with Crippen LogP contribution in [0.25, 0.3) is 0 Å². The lowest BCUT2D eigenvalue weighted by Gasteiger charge is -2.36. The Balaban J connectivity index is 1.37. The Morgan fingerprint density at radius 2 is 1.62 bits per heavy atom. The summed E-state index contributed by atoms with van der Waals surface area (Å²) in [6, 6.07) is 17.0. The van der Waals surface area contributed by atoms with Gasteiger partial charge < -0.3 is 9.64 Å². The quantitative estimate of drug-likeness (QED) is 0.750. The molecule has 1 aliphatic rings. The zero-order valence-electron chi connectivity index (χ0n) is 14.9. The minimum absolute atomic E-state index is 0.795. The van der Waals surface area contributed by atoms with E-state index in [9.17, 15) is 0 Å². The van der Waals surface area contributed by atoms with Crippen LogP contribution in [0.15, 0.2) is 48.5 Å². The normalized spacial score (nSPS) is 15.5. The van der Waals surface area contributed by atoms with E-state index in [0.717, 1.165) is 51.5 Å². The second kappa shape index (κ2) is 8.20. The molecule has 0 bridgehead atoms. The van der Waals surface area contributed by atoms with Gasteiger partial charge in [-0.2, -0.15) is 0 Å². The number of benzene rings is 2. The van der Waals surface area contributed by atoms with Gasteiger partial charge in [0.15, 0.2) is 0 Å². The van der Waals surface area contributed by atoms with Gasteiger partial charge in [0.25, 0.3) is 0 Å². The van der Waals surface area contributed by atoms with Crippen LogP contribution in [-0.2, 0) is 0 Å². The van der Waals surface area contributed by atoms with Gasteiger partial charge in [0.05, 0.1) is 6.61 Å². The summed E-state index contributed by atoms with van der Waals surface area (Å²) in [4.78, 5) is 5.02. The van der Waals surface area contributed by atoms with Gasteiger partial charge in [-0.05, 0) is 49.6 Å². The first-order chi connectivity index (χ1) is 11.7. The molecule has 0 amide bonds. The third kappa shape index (κ3) is 4.30. The second-order valence-corrected chi connectivity index (χ2v) is 6.56. The highest BCUT2D eigenvalue weighted by atomic mass is 16.5. The van der Waals surface area contributed by atoms with E-state index < -0.39 is 0 Å². The molecule has 0 N–H and O–H groups in total. The predicted molar refractivity (Wildman–Crippen MR) is 101 cm³/mol. The van der Waals surface area contributed by atoms with Crippen LogP contribution in [0.3, 0.4) is 0 Å². The molecular weight excluding hydrogens is 296 g/mol. The zero-order valence-corrected chi connectivity index (χ0v) is 14.9. The lowest BCUT2D eigenvalue weighted by atomic mass is 10.1. The molecule has 3 nitrogen and oxygen atoms in total. The van der Waals surface area contributed by atoms with Crippen LogP contribution in [0.4, 0.5) is 5.69 Å². The first-order valence-electron chi connectivity index (χ1n) is 8.95. The van der Waals surface area contributed by atoms with Crippen LogP contribution in [0.5, 0.6) is 5.75 Å². The molecule has 1 aliphatic heterocycles. The number of rotatable bonds is 6. The predicted octanol–water partition coefficient (Wildman–Crippen LogP) is 3.89. The van der Waals surface area contributed by atoms with Crippen LogP contribution >= 0.6 is 0 Å². The minimum Gasteiger partial charge on any atom is -0.493 e. The summed E-state index contributed by atoms with van der Waals surface area (Å²) in [7, 11) is 0. The van der Waals surface area contributed by atoms with Gasteiger partial charge >= 0.3 is 0 Å². The van der Waals surface area contributed by atoms with Gasteiger partial charge in [0, 0.05) is 38.4 Å². The number of hydrogen-bond acceptors (Lipinski definition) is 3. The third-order valence-corrected chi connectivity index (χ3v) is 4.92. The van der Waals surface area contributed by atoms with Crippen molar-refractivity contribution in [3.8, 4) is 5.75 Å². The van der Waals surface area contributed by atoms with Gasteiger partial charge in [-0.25, -0.2) is 0 Å². The van der Waals surface area contributed by atoms with Gasteiger partial charge in [0.2, 0.25) is 0 Å². The zero-order chi connectivity index (χ0) is 16.8. The Hall–Kier alpha value is -2.00. The Labute approximate surface area is 145 Å². The molecule has 128 valence electrons. The molecule has 1 heterocycles. The van der Waals surface area contributed by atoms with Crippen molar-refractivity contribution < 1.29 is 4.74 Å². The number of ether oxygens (including phenoxy) is 1. The standard InChI is InChI=1S/C21H28N2O/c1-18-8-6-11-21(19(18)2)24-17-7-12-22-13-15-23(16-14-22)20-9-4-3-5-10-20/h3-6,8-11H,7,12-17H2,1-2H3. The Morgan fingerprint density at radius 3 is 2.38 bits per heavy atom. The summed E-state index contributed by atoms with van der Waals surface area (Å²) in [5.74, 6) is 1.03. The molecule has 2 aromatic rings. The molecule has 0 unspecified atom stereocenters. The van der Waals surface area contributed by atoms with Crippen molar-refractivity contribution in [1.82, 2.24) is 4.90 Å². The smallest absolute Gasteiger partial charge is 0.122 e. The molecule has 1 saturated heterocycles. The molecule has 24 heavy (non-hydrogen) atoms. The number of piperazine rings is 1. The van der Waals surface area contributed by atoms with Gasteiger partial charge in [-0.3, -0.25) is 4.90 Å². The topological polar surface area (TPSA) is 15.7 Å². The van der Waals surface area contributed by atoms with Crippen LogP contribution in [0.2, 0.25) is 0 Å². The van der Waals surface area contributed by atoms with Crippen molar-refractivity contribution in [3.05, 3.63) is 59.7 Å². The van der Waals surface area contributed by atoms with Crippen molar-refractivity contribution in [1.29, 1.82) is 0 Å². The van der Waals surface area contributed by atoms with E-state index in [0.29, 0.717) is 0 Å². The highest BCUT2D eigenvalue weighted by Gasteiger charge is 2.16. The molecule has 0 atom stereocenters. The number of hydrogen-bond donors (Lipinski definition) is 0. The van der Waals surface area contributed by atoms with E-state index in [1.165, 1.54) is 16.8 Å². The minimum atomic E-state index is 0.795. The molecule has 0 aromatic heterocycles. The summed E-state index contributed by atoms with van der Waals surface area (Å²) in [6.07, 6.45) is 1.08. The summed E-state index contributed by atoms with van der Waals surface area (Å²) >= 11 is 0. The number of aryl methyl sites for hydroxylation is 1. The maximum atomic E-state index is 5.96. The first-order valence-corrected chi connectivity index (χ1v) is 8.95. The number of anilines is 1. The fourth-order valence-electron chi connectivity index (χ4n) is 3.22. The van der Waals surface area contributed by atoms with Crippen molar-refractivity contribution in [3.63, 3.8) is 0 Å². The van der Waals surface area contributed by atoms with E-state index in [1.807, 2.05) is 0 Å². The first kappa shape index (κ1) is 16.8. The molecule has 3 heteroatoms. The van der Waals surface area contributed by atoms with Crippen molar-refractivity contribution in [2.45, 2.75) is 20.3 Å². The van der Waals surface area contributed by atoms with Gasteiger partial charge in [-0.1, -0.05) is 30.3 Å². The molecule has 0 aliphatic carbocycles. The van der Waals surface area contributed by atoms with Crippen molar-refractivity contribution >= 4 is 5.69 Å². The maximum Gasteiger partial charge on any atom is 0.122 e. The number of para-hydroxylation sites is 1. The molecule has 0 saturated carbocycles. The van der Waals surface area contributed by atoms with E-state index in [-0.39, 0.29) is 0 Å². The molecular formula is C21H28N2O. The molecule has 1 fully saturated rings. The molecule has 2 aromatic carbocycles. The lowest BCUT2D eigenvalue weighted by molar-refractivity contribution is 0.224. The van der Waals surface area contributed by atoms with E-state index >= 15 is 0 Å². The molecule has 0 spiro atoms. The van der Waals surface area contributed by atoms with Gasteiger partial charge in [-0.15, -0.1) is 0 Å². The third-order valence-electron chi connectivity index (χ3n) is 4.92. The fraction of sp³-hybridized carbons (Fsp3) is 0.429. The largest absolute Gasteiger partial charge is 0.493 e. The molecule has 3 rings (SSSR count). The van der Waals surface area contributed by atoms with E-state index in [1.54, 1.807) is 0 Å². The van der Waals surface area contributed by atoms with Crippen LogP contribution in [0, 0.1) is 13.8 Å². The number of nitrogens with zero attached hydrogens (tertiary/aromatic N) is 2. The van der Waals surface area contributed by atoms with Crippen molar-refractivity contribution in [2.24, 2.45) is 0 Å². The van der Waals surface area contributed by atoms with Crippen LogP contribution in [-0.4, -0.2) is 44.2 Å². The highest BCUT2D eigenvalue weighted by molar-refractivity contribution is 5.46. The average molecular weight is 324 g/mol. The average Bonchev–Trinajstić information content (AvgIpc) is 2.63.